The molecule has 2 fully saturated rings. The van der Waals surface area contributed by atoms with Gasteiger partial charge in [0.15, 0.2) is 0 Å². The number of carbonyl (C=O) groups is 3. The van der Waals surface area contributed by atoms with E-state index < -0.39 is 47.0 Å². The summed E-state index contributed by atoms with van der Waals surface area (Å²) < 4.78 is 12.3. The van der Waals surface area contributed by atoms with Gasteiger partial charge in [-0.3, -0.25) is 14.4 Å². The molecule has 198 valence electrons. The molecule has 0 saturated carbocycles. The van der Waals surface area contributed by atoms with E-state index >= 15 is 0 Å². The molecular weight excluding hydrogens is 496 g/mol. The number of esters is 1. The second-order valence-corrected chi connectivity index (χ2v) is 11.3. The van der Waals surface area contributed by atoms with Crippen LogP contribution in [-0.2, 0) is 23.9 Å². The first kappa shape index (κ1) is 25.9. The van der Waals surface area contributed by atoms with Crippen molar-refractivity contribution in [3.05, 3.63) is 53.1 Å². The molecule has 6 atom stereocenters. The zero-order chi connectivity index (χ0) is 26.7. The van der Waals surface area contributed by atoms with Gasteiger partial charge < -0.3 is 24.4 Å². The minimum Gasteiger partial charge on any atom is -0.465 e. The summed E-state index contributed by atoms with van der Waals surface area (Å²) in [5, 5.41) is 10.8. The second kappa shape index (κ2) is 9.26. The van der Waals surface area contributed by atoms with Crippen LogP contribution in [0.5, 0.6) is 0 Å². The molecule has 0 bridgehead atoms. The van der Waals surface area contributed by atoms with Gasteiger partial charge in [-0.25, -0.2) is 0 Å². The van der Waals surface area contributed by atoms with Crippen molar-refractivity contribution in [3.63, 3.8) is 0 Å². The fourth-order valence-electron chi connectivity index (χ4n) is 6.57. The minimum atomic E-state index is -1.42. The second-order valence-electron chi connectivity index (χ2n) is 10.9. The predicted octanol–water partition coefficient (Wildman–Crippen LogP) is 3.04. The number of aliphatic hydroxyl groups is 1. The molecule has 1 spiro atoms. The van der Waals surface area contributed by atoms with Crippen molar-refractivity contribution < 1.29 is 29.0 Å². The molecule has 4 heterocycles. The number of benzene rings is 1. The molecule has 9 heteroatoms. The number of hydrogen-bond acceptors (Lipinski definition) is 6. The topological polar surface area (TPSA) is 96.4 Å². The molecule has 0 radical (unpaired) electrons. The van der Waals surface area contributed by atoms with Crippen LogP contribution in [0.3, 0.4) is 0 Å². The number of ether oxygens (including phenoxy) is 2. The number of cyclic esters (lactones) is 1. The molecule has 1 N–H and O–H groups in total. The maximum Gasteiger partial charge on any atom is 0.313 e. The Labute approximate surface area is 221 Å². The van der Waals surface area contributed by atoms with Gasteiger partial charge in [0, 0.05) is 6.54 Å². The van der Waals surface area contributed by atoms with Crippen LogP contribution in [0.4, 0.5) is 5.69 Å². The molecule has 8 nitrogen and oxygen atoms in total. The van der Waals surface area contributed by atoms with Crippen LogP contribution in [0.25, 0.3) is 0 Å². The average Bonchev–Trinajstić information content (AvgIpc) is 3.15. The van der Waals surface area contributed by atoms with Crippen LogP contribution in [-0.4, -0.2) is 70.8 Å². The number of halogens is 1. The first-order chi connectivity index (χ1) is 17.6. The summed E-state index contributed by atoms with van der Waals surface area (Å²) in [5.41, 5.74) is -1.19. The molecule has 37 heavy (non-hydrogen) atoms. The van der Waals surface area contributed by atoms with Crippen molar-refractivity contribution in [2.24, 2.45) is 17.8 Å². The number of fused-ring (bicyclic) bond motifs is 2. The van der Waals surface area contributed by atoms with Crippen LogP contribution < -0.4 is 4.90 Å². The Morgan fingerprint density at radius 2 is 1.89 bits per heavy atom. The van der Waals surface area contributed by atoms with Gasteiger partial charge in [0.2, 0.25) is 5.91 Å². The van der Waals surface area contributed by atoms with Gasteiger partial charge in [0.1, 0.15) is 17.6 Å². The molecule has 4 aliphatic rings. The van der Waals surface area contributed by atoms with E-state index in [9.17, 15) is 19.5 Å². The van der Waals surface area contributed by atoms with Crippen molar-refractivity contribution >= 4 is 35.1 Å². The fraction of sp³-hybridized carbons (Fsp3) is 0.536. The third-order valence-corrected chi connectivity index (χ3v) is 8.53. The summed E-state index contributed by atoms with van der Waals surface area (Å²) in [6.45, 7) is 7.51. The van der Waals surface area contributed by atoms with E-state index in [-0.39, 0.29) is 31.6 Å². The summed E-state index contributed by atoms with van der Waals surface area (Å²) in [6.07, 6.45) is 7.83. The van der Waals surface area contributed by atoms with Gasteiger partial charge in [-0.05, 0) is 37.8 Å². The third kappa shape index (κ3) is 3.75. The molecule has 1 aromatic carbocycles. The number of hydrogen-bond donors (Lipinski definition) is 1. The number of aliphatic hydroxyl groups excluding tert-OH is 1. The Hall–Kier alpha value is -2.68. The van der Waals surface area contributed by atoms with E-state index in [0.717, 1.165) is 5.56 Å². The van der Waals surface area contributed by atoms with E-state index in [0.29, 0.717) is 17.1 Å². The molecular formula is C28H33ClN2O6. The van der Waals surface area contributed by atoms with Gasteiger partial charge in [-0.2, -0.15) is 0 Å². The van der Waals surface area contributed by atoms with Crippen LogP contribution in [0.1, 0.15) is 32.8 Å². The van der Waals surface area contributed by atoms with E-state index in [1.54, 1.807) is 24.0 Å². The van der Waals surface area contributed by atoms with E-state index in [2.05, 4.69) is 0 Å². The maximum atomic E-state index is 14.5. The largest absolute Gasteiger partial charge is 0.465 e. The molecule has 1 aromatic rings. The number of carbonyl (C=O) groups excluding carboxylic acids is 3. The number of nitrogens with zero attached hydrogens (tertiary/aromatic N) is 2. The molecule has 0 aliphatic carbocycles. The first-order valence-corrected chi connectivity index (χ1v) is 13.2. The number of anilines is 1. The number of aryl methyl sites for hydroxylation is 1. The summed E-state index contributed by atoms with van der Waals surface area (Å²) in [5.74, 6) is -3.37. The maximum absolute atomic E-state index is 14.5. The fourth-order valence-corrected chi connectivity index (χ4v) is 6.89. The average molecular weight is 529 g/mol. The van der Waals surface area contributed by atoms with Gasteiger partial charge >= 0.3 is 5.97 Å². The highest BCUT2D eigenvalue weighted by atomic mass is 35.5. The predicted molar refractivity (Wildman–Crippen MR) is 138 cm³/mol. The Bertz CT molecular complexity index is 1180. The Balaban J connectivity index is 1.72. The molecule has 4 aliphatic heterocycles. The summed E-state index contributed by atoms with van der Waals surface area (Å²) in [6, 6.07) is 3.66. The zero-order valence-electron chi connectivity index (χ0n) is 21.5. The van der Waals surface area contributed by atoms with Crippen molar-refractivity contribution in [1.82, 2.24) is 4.90 Å². The highest BCUT2D eigenvalue weighted by Gasteiger charge is 2.75. The summed E-state index contributed by atoms with van der Waals surface area (Å²) >= 11 is 6.58. The minimum absolute atomic E-state index is 0.157. The van der Waals surface area contributed by atoms with Gasteiger partial charge in [-0.1, -0.05) is 61.9 Å². The lowest BCUT2D eigenvalue weighted by Crippen LogP contribution is -2.60. The van der Waals surface area contributed by atoms with E-state index in [1.807, 2.05) is 51.1 Å². The number of likely N-dealkylation sites (tertiary alicyclic amines) is 1. The van der Waals surface area contributed by atoms with E-state index in [4.69, 9.17) is 21.1 Å². The molecule has 5 rings (SSSR count). The molecule has 0 aromatic heterocycles. The SMILES string of the molecule is Cc1cccc(Cl)c1N1CC=C[C@]23O[C@@]4(C)C=CCCOC(=O)[C@H]4[C@H]2C(=O)N([C@@H](CO)C(C)C)C3C1=O. The lowest BCUT2D eigenvalue weighted by Gasteiger charge is -2.41. The zero-order valence-corrected chi connectivity index (χ0v) is 22.3. The van der Waals surface area contributed by atoms with Crippen LogP contribution in [0, 0.1) is 24.7 Å². The van der Waals surface area contributed by atoms with E-state index in [1.165, 1.54) is 4.90 Å². The molecule has 1 unspecified atom stereocenters. The van der Waals surface area contributed by atoms with Crippen LogP contribution in [0.2, 0.25) is 5.02 Å². The standard InChI is InChI=1S/C28H33ClN2O6/c1-16(2)19(15-32)31-23-25(34)30(22-17(3)9-7-10-18(22)29)13-8-12-28(23)20(24(31)33)21-26(35)36-14-6-5-11-27(21,4)37-28/h5,7-12,16,19-21,23,32H,6,13-15H2,1-4H3/t19-,20-,21+,23?,27-,28-/m0/s1. The number of rotatable bonds is 4. The smallest absolute Gasteiger partial charge is 0.313 e. The Kier molecular flexibility index (Phi) is 6.49. The van der Waals surface area contributed by atoms with Crippen molar-refractivity contribution in [3.8, 4) is 0 Å². The molecule has 2 amide bonds. The molecule has 2 saturated heterocycles. The number of para-hydroxylation sites is 1. The Morgan fingerprint density at radius 3 is 2.57 bits per heavy atom. The lowest BCUT2D eigenvalue weighted by molar-refractivity contribution is -0.160. The third-order valence-electron chi connectivity index (χ3n) is 8.23. The summed E-state index contributed by atoms with van der Waals surface area (Å²) in [7, 11) is 0. The summed E-state index contributed by atoms with van der Waals surface area (Å²) in [4.78, 5) is 45.2. The van der Waals surface area contributed by atoms with Gasteiger partial charge in [-0.15, -0.1) is 0 Å². The van der Waals surface area contributed by atoms with Crippen LogP contribution in [0.15, 0.2) is 42.5 Å². The highest BCUT2D eigenvalue weighted by molar-refractivity contribution is 6.34. The van der Waals surface area contributed by atoms with Crippen LogP contribution >= 0.6 is 11.6 Å². The number of amides is 2. The monoisotopic (exact) mass is 528 g/mol. The van der Waals surface area contributed by atoms with Crippen molar-refractivity contribution in [1.29, 1.82) is 0 Å². The van der Waals surface area contributed by atoms with Crippen molar-refractivity contribution in [2.45, 2.75) is 57.4 Å². The normalized spacial score (nSPS) is 34.0. The quantitative estimate of drug-likeness (QED) is 0.476. The lowest BCUT2D eigenvalue weighted by atomic mass is 9.74. The van der Waals surface area contributed by atoms with Gasteiger partial charge in [0.25, 0.3) is 5.91 Å². The van der Waals surface area contributed by atoms with Crippen molar-refractivity contribution in [2.75, 3.05) is 24.7 Å². The Morgan fingerprint density at radius 1 is 1.14 bits per heavy atom. The highest BCUT2D eigenvalue weighted by Crippen LogP contribution is 2.58. The first-order valence-electron chi connectivity index (χ1n) is 12.8. The van der Waals surface area contributed by atoms with Gasteiger partial charge in [0.05, 0.1) is 41.5 Å².